The van der Waals surface area contributed by atoms with Crippen LogP contribution in [0.1, 0.15) is 49.5 Å². The topological polar surface area (TPSA) is 83.4 Å². The highest BCUT2D eigenvalue weighted by molar-refractivity contribution is 7.89. The Morgan fingerprint density at radius 1 is 1.27 bits per heavy atom. The maximum atomic E-state index is 12.8. The number of amides is 1. The van der Waals surface area contributed by atoms with Crippen molar-refractivity contribution in [1.82, 2.24) is 19.5 Å². The molecule has 0 bridgehead atoms. The van der Waals surface area contributed by atoms with Gasteiger partial charge in [-0.05, 0) is 45.2 Å². The van der Waals surface area contributed by atoms with Gasteiger partial charge in [0.25, 0.3) is 5.91 Å². The van der Waals surface area contributed by atoms with Gasteiger partial charge in [0.1, 0.15) is 10.6 Å². The van der Waals surface area contributed by atoms with E-state index in [4.69, 9.17) is 0 Å². The lowest BCUT2D eigenvalue weighted by atomic mass is 10.0. The maximum absolute atomic E-state index is 12.8. The largest absolute Gasteiger partial charge is 0.348 e. The van der Waals surface area contributed by atoms with Crippen LogP contribution in [-0.2, 0) is 17.1 Å². The van der Waals surface area contributed by atoms with Gasteiger partial charge in [0.15, 0.2) is 0 Å². The van der Waals surface area contributed by atoms with Gasteiger partial charge in [-0.25, -0.2) is 8.42 Å². The molecule has 2 unspecified atom stereocenters. The van der Waals surface area contributed by atoms with Crippen LogP contribution < -0.4 is 10.6 Å². The first-order valence-corrected chi connectivity index (χ1v) is 10.5. The van der Waals surface area contributed by atoms with Crippen molar-refractivity contribution >= 4 is 28.3 Å². The molecule has 1 aromatic heterocycles. The lowest BCUT2D eigenvalue weighted by Gasteiger charge is -2.28. The third kappa shape index (κ3) is 4.60. The summed E-state index contributed by atoms with van der Waals surface area (Å²) < 4.78 is 28.7. The van der Waals surface area contributed by atoms with Crippen LogP contribution in [0.3, 0.4) is 0 Å². The van der Waals surface area contributed by atoms with Gasteiger partial charge in [-0.15, -0.1) is 12.4 Å². The Morgan fingerprint density at radius 2 is 1.96 bits per heavy atom. The average molecular weight is 405 g/mol. The molecule has 2 atom stereocenters. The maximum Gasteiger partial charge on any atom is 0.268 e. The van der Waals surface area contributed by atoms with Gasteiger partial charge in [0.2, 0.25) is 10.0 Å². The third-order valence-corrected chi connectivity index (χ3v) is 6.99. The molecule has 0 aliphatic carbocycles. The zero-order valence-electron chi connectivity index (χ0n) is 15.4. The Bertz CT molecular complexity index is 728. The minimum Gasteiger partial charge on any atom is -0.348 e. The summed E-state index contributed by atoms with van der Waals surface area (Å²) in [6.45, 7) is 4.11. The molecule has 2 aliphatic rings. The number of nitrogens with zero attached hydrogens (tertiary/aromatic N) is 2. The van der Waals surface area contributed by atoms with E-state index in [1.165, 1.54) is 10.4 Å². The van der Waals surface area contributed by atoms with Crippen LogP contribution in [0, 0.1) is 0 Å². The smallest absolute Gasteiger partial charge is 0.268 e. The van der Waals surface area contributed by atoms with Crippen LogP contribution in [0.15, 0.2) is 17.2 Å². The lowest BCUT2D eigenvalue weighted by molar-refractivity contribution is 0.0917. The molecule has 148 valence electrons. The van der Waals surface area contributed by atoms with Gasteiger partial charge in [0.05, 0.1) is 0 Å². The average Bonchev–Trinajstić information content (AvgIpc) is 2.98. The van der Waals surface area contributed by atoms with Crippen molar-refractivity contribution in [2.45, 2.75) is 56.0 Å². The van der Waals surface area contributed by atoms with Crippen LogP contribution in [-0.4, -0.2) is 54.9 Å². The van der Waals surface area contributed by atoms with E-state index in [0.717, 1.165) is 38.6 Å². The van der Waals surface area contributed by atoms with Gasteiger partial charge >= 0.3 is 0 Å². The Labute approximate surface area is 162 Å². The Balaban J connectivity index is 0.00000243. The molecule has 9 heteroatoms. The number of rotatable bonds is 4. The van der Waals surface area contributed by atoms with Gasteiger partial charge in [-0.2, -0.15) is 4.31 Å². The number of carbonyl (C=O) groups is 1. The second-order valence-corrected chi connectivity index (χ2v) is 9.12. The van der Waals surface area contributed by atoms with E-state index in [1.807, 2.05) is 0 Å². The molecule has 0 saturated carbocycles. The Hall–Kier alpha value is -1.09. The minimum atomic E-state index is -3.52. The minimum absolute atomic E-state index is 0. The van der Waals surface area contributed by atoms with Crippen LogP contribution >= 0.6 is 12.4 Å². The van der Waals surface area contributed by atoms with Crippen molar-refractivity contribution in [1.29, 1.82) is 0 Å². The normalized spacial score (nSPS) is 24.7. The predicted molar refractivity (Wildman–Crippen MR) is 103 cm³/mol. The number of sulfonamides is 1. The van der Waals surface area contributed by atoms with Crippen molar-refractivity contribution in [2.75, 3.05) is 19.6 Å². The number of aromatic nitrogens is 1. The monoisotopic (exact) mass is 404 g/mol. The predicted octanol–water partition coefficient (Wildman–Crippen LogP) is 1.49. The summed E-state index contributed by atoms with van der Waals surface area (Å²) >= 11 is 0. The van der Waals surface area contributed by atoms with Crippen molar-refractivity contribution in [3.05, 3.63) is 18.0 Å². The number of nitrogens with one attached hydrogen (secondary N) is 2. The van der Waals surface area contributed by atoms with Crippen molar-refractivity contribution in [3.8, 4) is 0 Å². The quantitative estimate of drug-likeness (QED) is 0.796. The Morgan fingerprint density at radius 3 is 2.62 bits per heavy atom. The first kappa shape index (κ1) is 21.2. The molecular formula is C17H29ClN4O3S. The van der Waals surface area contributed by atoms with Crippen LogP contribution in [0.25, 0.3) is 0 Å². The zero-order valence-corrected chi connectivity index (χ0v) is 17.0. The van der Waals surface area contributed by atoms with Crippen molar-refractivity contribution in [3.63, 3.8) is 0 Å². The highest BCUT2D eigenvalue weighted by Crippen LogP contribution is 2.22. The number of halogens is 1. The molecule has 2 aliphatic heterocycles. The van der Waals surface area contributed by atoms with E-state index < -0.39 is 10.0 Å². The van der Waals surface area contributed by atoms with Crippen LogP contribution in [0.4, 0.5) is 0 Å². The molecule has 1 aromatic rings. The fraction of sp³-hybridized carbons (Fsp3) is 0.706. The molecule has 0 aromatic carbocycles. The molecule has 0 radical (unpaired) electrons. The van der Waals surface area contributed by atoms with Gasteiger partial charge < -0.3 is 15.2 Å². The van der Waals surface area contributed by atoms with E-state index in [-0.39, 0.29) is 29.3 Å². The first-order valence-electron chi connectivity index (χ1n) is 9.08. The van der Waals surface area contributed by atoms with E-state index in [9.17, 15) is 13.2 Å². The molecular weight excluding hydrogens is 376 g/mol. The molecule has 3 heterocycles. The molecule has 2 N–H and O–H groups in total. The van der Waals surface area contributed by atoms with E-state index >= 15 is 0 Å². The molecule has 7 nitrogen and oxygen atoms in total. The summed E-state index contributed by atoms with van der Waals surface area (Å²) in [6.07, 6.45) is 6.18. The van der Waals surface area contributed by atoms with Crippen molar-refractivity contribution in [2.24, 2.45) is 7.05 Å². The summed E-state index contributed by atoms with van der Waals surface area (Å²) in [6, 6.07) is 2.01. The van der Waals surface area contributed by atoms with Crippen LogP contribution in [0.2, 0.25) is 0 Å². The molecule has 1 amide bonds. The number of hydrogen-bond acceptors (Lipinski definition) is 4. The van der Waals surface area contributed by atoms with Gasteiger partial charge in [0, 0.05) is 38.4 Å². The van der Waals surface area contributed by atoms with E-state index in [1.54, 1.807) is 17.8 Å². The summed E-state index contributed by atoms with van der Waals surface area (Å²) in [4.78, 5) is 12.8. The molecule has 26 heavy (non-hydrogen) atoms. The number of carbonyl (C=O) groups excluding carboxylic acids is 1. The number of piperidine rings is 2. The highest BCUT2D eigenvalue weighted by Gasteiger charge is 2.29. The standard InChI is InChI=1S/C17H28N4O3S.ClH/c1-13-10-14(6-7-18-13)19-17(22)16-11-15(12-20(16)2)25(23,24)21-8-4-3-5-9-21;/h11-14,18H,3-10H2,1-2H3,(H,19,22);1H. The fourth-order valence-electron chi connectivity index (χ4n) is 3.68. The van der Waals surface area contributed by atoms with Crippen LogP contribution in [0.5, 0.6) is 0 Å². The Kier molecular flexibility index (Phi) is 7.12. The number of hydrogen-bond donors (Lipinski definition) is 2. The summed E-state index contributed by atoms with van der Waals surface area (Å²) in [5, 5.41) is 6.40. The zero-order chi connectivity index (χ0) is 18.0. The summed E-state index contributed by atoms with van der Waals surface area (Å²) in [7, 11) is -1.80. The second-order valence-electron chi connectivity index (χ2n) is 7.19. The van der Waals surface area contributed by atoms with Gasteiger partial charge in [-0.3, -0.25) is 4.79 Å². The highest BCUT2D eigenvalue weighted by atomic mass is 35.5. The number of aryl methyl sites for hydroxylation is 1. The molecule has 0 spiro atoms. The first-order chi connectivity index (χ1) is 11.9. The van der Waals surface area contributed by atoms with Crippen molar-refractivity contribution < 1.29 is 13.2 Å². The van der Waals surface area contributed by atoms with E-state index in [0.29, 0.717) is 24.8 Å². The molecule has 3 rings (SSSR count). The van der Waals surface area contributed by atoms with Gasteiger partial charge in [-0.1, -0.05) is 6.42 Å². The SMILES string of the molecule is CC1CC(NC(=O)c2cc(S(=O)(=O)N3CCCCC3)cn2C)CCN1.Cl. The fourth-order valence-corrected chi connectivity index (χ4v) is 5.27. The second kappa shape index (κ2) is 8.73. The summed E-state index contributed by atoms with van der Waals surface area (Å²) in [5.41, 5.74) is 0.391. The molecule has 2 saturated heterocycles. The third-order valence-electron chi connectivity index (χ3n) is 5.12. The summed E-state index contributed by atoms with van der Waals surface area (Å²) in [5.74, 6) is -0.207. The van der Waals surface area contributed by atoms with E-state index in [2.05, 4.69) is 17.6 Å². The molecule has 2 fully saturated rings. The lowest BCUT2D eigenvalue weighted by Crippen LogP contribution is -2.46.